The molecule has 0 aromatic heterocycles. The summed E-state index contributed by atoms with van der Waals surface area (Å²) >= 11 is 3.38. The van der Waals surface area contributed by atoms with Gasteiger partial charge in [0, 0.05) is 31.0 Å². The largest absolute Gasteiger partial charge is 0.496 e. The molecule has 0 bridgehead atoms. The predicted molar refractivity (Wildman–Crippen MR) is 79.6 cm³/mol. The third kappa shape index (κ3) is 2.95. The van der Waals surface area contributed by atoms with Gasteiger partial charge >= 0.3 is 0 Å². The Labute approximate surface area is 126 Å². The molecule has 1 aromatic carbocycles. The molecule has 1 aliphatic rings. The normalized spacial score (nSPS) is 21.1. The number of hydrogen-bond donors (Lipinski definition) is 1. The van der Waals surface area contributed by atoms with Crippen LogP contribution in [0.25, 0.3) is 0 Å². The number of amides is 1. The van der Waals surface area contributed by atoms with E-state index in [2.05, 4.69) is 21.1 Å². The summed E-state index contributed by atoms with van der Waals surface area (Å²) in [5.74, 6) is 0.764. The maximum atomic E-state index is 12.5. The van der Waals surface area contributed by atoms with E-state index in [1.54, 1.807) is 30.2 Å². The van der Waals surface area contributed by atoms with Crippen molar-refractivity contribution < 1.29 is 14.7 Å². The van der Waals surface area contributed by atoms with E-state index in [0.717, 1.165) is 10.2 Å². The number of nitrogens with zero attached hydrogens (tertiary/aromatic N) is 2. The number of hydrogen-bond acceptors (Lipinski definition) is 4. The second kappa shape index (κ2) is 6.26. The van der Waals surface area contributed by atoms with Crippen LogP contribution in [0.5, 0.6) is 5.75 Å². The van der Waals surface area contributed by atoms with Gasteiger partial charge in [-0.25, -0.2) is 0 Å². The molecule has 1 N–H and O–H groups in total. The number of carbonyl (C=O) groups excluding carboxylic acids is 1. The van der Waals surface area contributed by atoms with Gasteiger partial charge in [-0.2, -0.15) is 0 Å². The fraction of sp³-hybridized carbons (Fsp3) is 0.429. The Bertz CT molecular complexity index is 545. The highest BCUT2D eigenvalue weighted by Gasteiger charge is 2.26. The molecule has 5 nitrogen and oxygen atoms in total. The van der Waals surface area contributed by atoms with Crippen LogP contribution in [0, 0.1) is 5.92 Å². The van der Waals surface area contributed by atoms with Crippen molar-refractivity contribution in [2.45, 2.75) is 13.3 Å². The molecular weight excluding hydrogens is 324 g/mol. The lowest BCUT2D eigenvalue weighted by molar-refractivity contribution is 0.0734. The molecule has 1 atom stereocenters. The molecule has 1 unspecified atom stereocenters. The fourth-order valence-corrected chi connectivity index (χ4v) is 2.88. The van der Waals surface area contributed by atoms with E-state index in [4.69, 9.17) is 9.94 Å². The average molecular weight is 341 g/mol. The first-order chi connectivity index (χ1) is 9.56. The molecule has 0 aliphatic carbocycles. The predicted octanol–water partition coefficient (Wildman–Crippen LogP) is 2.77. The van der Waals surface area contributed by atoms with E-state index in [-0.39, 0.29) is 11.8 Å². The number of piperidine rings is 1. The monoisotopic (exact) mass is 340 g/mol. The molecular formula is C14H17BrN2O3. The minimum atomic E-state index is -0.0165. The standard InChI is InChI=1S/C14H17BrN2O3/c1-9-8-17(6-5-12(9)16-19)14(18)10-3-4-13(20-2)11(15)7-10/h3-4,7,9,19H,5-6,8H2,1-2H3/b16-12-. The molecule has 1 fully saturated rings. The summed E-state index contributed by atoms with van der Waals surface area (Å²) in [4.78, 5) is 14.2. The molecule has 0 saturated carbocycles. The number of carbonyl (C=O) groups is 1. The Hall–Kier alpha value is -1.56. The lowest BCUT2D eigenvalue weighted by Gasteiger charge is -2.31. The van der Waals surface area contributed by atoms with Gasteiger partial charge < -0.3 is 14.8 Å². The first-order valence-corrected chi connectivity index (χ1v) is 7.19. The Balaban J connectivity index is 2.14. The molecule has 1 aliphatic heterocycles. The van der Waals surface area contributed by atoms with E-state index < -0.39 is 0 Å². The Morgan fingerprint density at radius 3 is 2.85 bits per heavy atom. The van der Waals surface area contributed by atoms with E-state index in [9.17, 15) is 4.79 Å². The quantitative estimate of drug-likeness (QED) is 0.665. The van der Waals surface area contributed by atoms with Crippen molar-refractivity contribution in [3.63, 3.8) is 0 Å². The van der Waals surface area contributed by atoms with Crippen LogP contribution in [0.2, 0.25) is 0 Å². The molecule has 0 radical (unpaired) electrons. The number of methoxy groups -OCH3 is 1. The number of halogens is 1. The lowest BCUT2D eigenvalue weighted by Crippen LogP contribution is -2.43. The van der Waals surface area contributed by atoms with Gasteiger partial charge in [0.25, 0.3) is 5.91 Å². The van der Waals surface area contributed by atoms with Gasteiger partial charge in [0.05, 0.1) is 17.3 Å². The summed E-state index contributed by atoms with van der Waals surface area (Å²) < 4.78 is 5.91. The SMILES string of the molecule is COc1ccc(C(=O)N2CC/C(=N/O)C(C)C2)cc1Br. The summed E-state index contributed by atoms with van der Waals surface area (Å²) in [6, 6.07) is 5.29. The molecule has 0 spiro atoms. The third-order valence-corrected chi connectivity index (χ3v) is 4.14. The zero-order valence-corrected chi connectivity index (χ0v) is 13.1. The first kappa shape index (κ1) is 14.8. The Morgan fingerprint density at radius 1 is 1.55 bits per heavy atom. The van der Waals surface area contributed by atoms with Gasteiger partial charge in [0.1, 0.15) is 5.75 Å². The Morgan fingerprint density at radius 2 is 2.30 bits per heavy atom. The number of oxime groups is 1. The maximum Gasteiger partial charge on any atom is 0.253 e. The third-order valence-electron chi connectivity index (χ3n) is 3.52. The van der Waals surface area contributed by atoms with Crippen LogP contribution in [-0.2, 0) is 0 Å². The van der Waals surface area contributed by atoms with Crippen LogP contribution in [0.1, 0.15) is 23.7 Å². The van der Waals surface area contributed by atoms with Crippen LogP contribution < -0.4 is 4.74 Å². The molecule has 1 amide bonds. The molecule has 1 saturated heterocycles. The molecule has 1 aromatic rings. The molecule has 6 heteroatoms. The first-order valence-electron chi connectivity index (χ1n) is 6.40. The average Bonchev–Trinajstić information content (AvgIpc) is 2.46. The number of rotatable bonds is 2. The number of benzene rings is 1. The fourth-order valence-electron chi connectivity index (χ4n) is 2.34. The number of ether oxygens (including phenoxy) is 1. The van der Waals surface area contributed by atoms with Crippen molar-refractivity contribution in [1.29, 1.82) is 0 Å². The smallest absolute Gasteiger partial charge is 0.253 e. The van der Waals surface area contributed by atoms with Gasteiger partial charge in [0.15, 0.2) is 0 Å². The minimum absolute atomic E-state index is 0.0165. The highest BCUT2D eigenvalue weighted by atomic mass is 79.9. The van der Waals surface area contributed by atoms with E-state index in [1.807, 2.05) is 6.92 Å². The minimum Gasteiger partial charge on any atom is -0.496 e. The van der Waals surface area contributed by atoms with Crippen molar-refractivity contribution in [3.8, 4) is 5.75 Å². The molecule has 20 heavy (non-hydrogen) atoms. The Kier molecular flexibility index (Phi) is 4.65. The zero-order valence-electron chi connectivity index (χ0n) is 11.5. The number of likely N-dealkylation sites (tertiary alicyclic amines) is 1. The topological polar surface area (TPSA) is 62.1 Å². The van der Waals surface area contributed by atoms with E-state index in [0.29, 0.717) is 30.8 Å². The summed E-state index contributed by atoms with van der Waals surface area (Å²) in [6.45, 7) is 3.10. The van der Waals surface area contributed by atoms with Crippen LogP contribution in [0.3, 0.4) is 0 Å². The van der Waals surface area contributed by atoms with Crippen LogP contribution in [0.4, 0.5) is 0 Å². The van der Waals surface area contributed by atoms with Crippen LogP contribution in [-0.4, -0.2) is 41.9 Å². The van der Waals surface area contributed by atoms with Gasteiger partial charge in [-0.05, 0) is 34.1 Å². The van der Waals surface area contributed by atoms with Gasteiger partial charge in [0.2, 0.25) is 0 Å². The lowest BCUT2D eigenvalue weighted by atomic mass is 9.97. The van der Waals surface area contributed by atoms with Crippen LogP contribution >= 0.6 is 15.9 Å². The zero-order chi connectivity index (χ0) is 14.7. The summed E-state index contributed by atoms with van der Waals surface area (Å²) in [7, 11) is 1.59. The maximum absolute atomic E-state index is 12.5. The van der Waals surface area contributed by atoms with Crippen molar-refractivity contribution >= 4 is 27.5 Å². The summed E-state index contributed by atoms with van der Waals surface area (Å²) in [5.41, 5.74) is 1.37. The van der Waals surface area contributed by atoms with Crippen molar-refractivity contribution in [3.05, 3.63) is 28.2 Å². The summed E-state index contributed by atoms with van der Waals surface area (Å²) in [5, 5.41) is 12.1. The van der Waals surface area contributed by atoms with Crippen molar-refractivity contribution in [2.75, 3.05) is 20.2 Å². The highest BCUT2D eigenvalue weighted by Crippen LogP contribution is 2.26. The van der Waals surface area contributed by atoms with Gasteiger partial charge in [-0.1, -0.05) is 12.1 Å². The highest BCUT2D eigenvalue weighted by molar-refractivity contribution is 9.10. The van der Waals surface area contributed by atoms with Crippen molar-refractivity contribution in [2.24, 2.45) is 11.1 Å². The van der Waals surface area contributed by atoms with Gasteiger partial charge in [-0.15, -0.1) is 0 Å². The van der Waals surface area contributed by atoms with Crippen molar-refractivity contribution in [1.82, 2.24) is 4.90 Å². The van der Waals surface area contributed by atoms with E-state index >= 15 is 0 Å². The van der Waals surface area contributed by atoms with E-state index in [1.165, 1.54) is 0 Å². The van der Waals surface area contributed by atoms with Gasteiger partial charge in [-0.3, -0.25) is 4.79 Å². The molecule has 1 heterocycles. The second-order valence-electron chi connectivity index (χ2n) is 4.84. The molecule has 108 valence electrons. The summed E-state index contributed by atoms with van der Waals surface area (Å²) in [6.07, 6.45) is 0.612. The van der Waals surface area contributed by atoms with Crippen LogP contribution in [0.15, 0.2) is 27.8 Å². The second-order valence-corrected chi connectivity index (χ2v) is 5.70. The molecule has 2 rings (SSSR count).